The Bertz CT molecular complexity index is 2430. The number of fused-ring (bicyclic) bond motifs is 1. The van der Waals surface area contributed by atoms with Crippen molar-refractivity contribution in [3.8, 4) is 21.9 Å². The molecule has 318 valence electrons. The van der Waals surface area contributed by atoms with Gasteiger partial charge in [0.25, 0.3) is 5.91 Å². The van der Waals surface area contributed by atoms with E-state index in [0.29, 0.717) is 41.4 Å². The van der Waals surface area contributed by atoms with Crippen molar-refractivity contribution in [3.63, 3.8) is 0 Å². The van der Waals surface area contributed by atoms with Crippen molar-refractivity contribution < 1.29 is 23.5 Å². The van der Waals surface area contributed by atoms with Crippen LogP contribution in [0.5, 0.6) is 5.75 Å². The van der Waals surface area contributed by atoms with Crippen LogP contribution < -0.4 is 20.7 Å². The molecule has 0 saturated carbocycles. The van der Waals surface area contributed by atoms with Gasteiger partial charge in [-0.25, -0.2) is 14.4 Å². The number of ether oxygens (including phenoxy) is 1. The fraction of sp³-hybridized carbons (Fsp3) is 0.432. The Balaban J connectivity index is 0.734. The molecule has 4 aliphatic heterocycles. The second-order valence-electron chi connectivity index (χ2n) is 16.5. The minimum Gasteiger partial charge on any atom is -0.482 e. The van der Waals surface area contributed by atoms with Crippen LogP contribution in [0.4, 0.5) is 15.9 Å². The molecule has 2 atom stereocenters. The lowest BCUT2D eigenvalue weighted by molar-refractivity contribution is -0.136. The Labute approximate surface area is 357 Å². The lowest BCUT2D eigenvalue weighted by Crippen LogP contribution is -2.52. The van der Waals surface area contributed by atoms with Crippen LogP contribution in [0.25, 0.3) is 16.1 Å². The number of carbonyl (C=O) groups excluding carboxylic acids is 3. The van der Waals surface area contributed by atoms with Gasteiger partial charge in [0, 0.05) is 100 Å². The summed E-state index contributed by atoms with van der Waals surface area (Å²) in [5.74, 6) is 0.123. The molecule has 0 spiro atoms. The Morgan fingerprint density at radius 1 is 0.967 bits per heavy atom. The molecule has 61 heavy (non-hydrogen) atoms. The second kappa shape index (κ2) is 17.3. The molecule has 9 rings (SSSR count). The van der Waals surface area contributed by atoms with Crippen molar-refractivity contribution in [2.75, 3.05) is 63.0 Å². The summed E-state index contributed by atoms with van der Waals surface area (Å²) in [7, 11) is 0. The molecule has 5 aromatic rings. The third kappa shape index (κ3) is 8.72. The van der Waals surface area contributed by atoms with Crippen molar-refractivity contribution in [2.24, 2.45) is 5.92 Å². The molecule has 0 bridgehead atoms. The summed E-state index contributed by atoms with van der Waals surface area (Å²) in [4.78, 5) is 58.3. The largest absolute Gasteiger partial charge is 0.482 e. The number of nitrogens with zero attached hydrogens (tertiary/aromatic N) is 9. The second-order valence-corrected chi connectivity index (χ2v) is 17.6. The lowest BCUT2D eigenvalue weighted by Gasteiger charge is -2.39. The number of carbonyl (C=O) groups is 3. The number of hydrogen-bond donors (Lipinski definition) is 2. The number of anilines is 2. The Hall–Kier alpha value is -5.78. The SMILES string of the molecule is Cc1nc(CCN2CCN(CC3CCN(c4ccc5c(c4)CN(C4CCC(=O)NC4=O)C5=O)CC3)CC2)sc1-c1cnc(N)c(O[C@H](C)c2cc(F)ccc2-n2nccn2)c1. The summed E-state index contributed by atoms with van der Waals surface area (Å²) in [6.07, 6.45) is 8.05. The maximum atomic E-state index is 14.4. The van der Waals surface area contributed by atoms with Crippen LogP contribution in [0.2, 0.25) is 0 Å². The van der Waals surface area contributed by atoms with E-state index in [2.05, 4.69) is 41.3 Å². The quantitative estimate of drug-likeness (QED) is 0.165. The van der Waals surface area contributed by atoms with Crippen LogP contribution in [-0.4, -0.2) is 116 Å². The van der Waals surface area contributed by atoms with Crippen LogP contribution in [0.1, 0.15) is 70.9 Å². The fourth-order valence-electron chi connectivity index (χ4n) is 9.07. The first kappa shape index (κ1) is 40.6. The Morgan fingerprint density at radius 3 is 2.51 bits per heavy atom. The smallest absolute Gasteiger partial charge is 0.255 e. The van der Waals surface area contributed by atoms with E-state index in [1.54, 1.807) is 40.9 Å². The molecule has 17 heteroatoms. The van der Waals surface area contributed by atoms with Gasteiger partial charge in [-0.1, -0.05) is 0 Å². The zero-order valence-electron chi connectivity index (χ0n) is 34.4. The highest BCUT2D eigenvalue weighted by molar-refractivity contribution is 7.15. The van der Waals surface area contributed by atoms with Gasteiger partial charge in [-0.05, 0) is 87.1 Å². The van der Waals surface area contributed by atoms with Crippen LogP contribution >= 0.6 is 11.3 Å². The molecule has 2 aromatic carbocycles. The Kier molecular flexibility index (Phi) is 11.5. The van der Waals surface area contributed by atoms with E-state index in [1.165, 1.54) is 16.9 Å². The number of thiazole rings is 1. The molecule has 4 aliphatic rings. The normalized spacial score (nSPS) is 19.7. The number of rotatable bonds is 12. The van der Waals surface area contributed by atoms with E-state index in [0.717, 1.165) is 104 Å². The number of piperidine rings is 2. The average Bonchev–Trinajstić information content (AvgIpc) is 4.01. The molecule has 3 aromatic heterocycles. The number of halogens is 1. The van der Waals surface area contributed by atoms with Crippen molar-refractivity contribution in [1.82, 2.24) is 45.0 Å². The maximum absolute atomic E-state index is 14.4. The van der Waals surface area contributed by atoms with Gasteiger partial charge in [0.15, 0.2) is 11.6 Å². The van der Waals surface area contributed by atoms with E-state index < -0.39 is 12.1 Å². The van der Waals surface area contributed by atoms with E-state index in [1.807, 2.05) is 32.0 Å². The number of aromatic nitrogens is 5. The zero-order chi connectivity index (χ0) is 42.2. The number of nitrogens with one attached hydrogen (secondary N) is 1. The van der Waals surface area contributed by atoms with Crippen molar-refractivity contribution in [2.45, 2.75) is 64.6 Å². The van der Waals surface area contributed by atoms with Crippen LogP contribution in [0, 0.1) is 18.7 Å². The van der Waals surface area contributed by atoms with E-state index in [4.69, 9.17) is 15.5 Å². The van der Waals surface area contributed by atoms with Crippen LogP contribution in [0.15, 0.2) is 61.1 Å². The molecule has 3 amide bonds. The molecule has 15 nitrogen and oxygen atoms in total. The van der Waals surface area contributed by atoms with Crippen molar-refractivity contribution >= 4 is 40.6 Å². The van der Waals surface area contributed by atoms with Gasteiger partial charge in [-0.15, -0.1) is 11.3 Å². The van der Waals surface area contributed by atoms with Gasteiger partial charge in [0.1, 0.15) is 18.0 Å². The predicted molar refractivity (Wildman–Crippen MR) is 229 cm³/mol. The Morgan fingerprint density at radius 2 is 1.74 bits per heavy atom. The monoisotopic (exact) mass is 847 g/mol. The molecule has 3 fully saturated rings. The third-order valence-corrected chi connectivity index (χ3v) is 13.7. The number of benzene rings is 2. The van der Waals surface area contributed by atoms with Gasteiger partial charge < -0.3 is 30.1 Å². The fourth-order valence-corrected chi connectivity index (χ4v) is 10.1. The number of nitrogens with two attached hydrogens (primary N) is 1. The van der Waals surface area contributed by atoms with Crippen molar-refractivity contribution in [3.05, 3.63) is 94.3 Å². The maximum Gasteiger partial charge on any atom is 0.255 e. The first-order chi connectivity index (χ1) is 29.6. The number of hydrogen-bond acceptors (Lipinski definition) is 13. The standard InChI is InChI=1S/C44H50FN11O4S/c1-27-41(30-22-38(42(46)47-24-30)60-28(2)35-23-32(45)3-6-36(35)56-48-12-13-49-56)61-40(50-27)11-14-52-17-19-53(20-18-52)25-29-9-15-54(16-10-29)33-4-5-34-31(21-33)26-55(44(34)59)37-7-8-39(57)51-43(37)58/h3-6,12-13,21-24,28-29,37H,7-11,14-20,25-26H2,1-2H3,(H2,46,47)(H,51,57,58)/t28-,37?/m1/s1. The molecule has 0 aliphatic carbocycles. The number of amides is 3. The average molecular weight is 848 g/mol. The molecule has 0 radical (unpaired) electrons. The lowest BCUT2D eigenvalue weighted by atomic mass is 9.95. The third-order valence-electron chi connectivity index (χ3n) is 12.5. The van der Waals surface area contributed by atoms with Gasteiger partial charge in [-0.2, -0.15) is 15.0 Å². The van der Waals surface area contributed by atoms with E-state index in [9.17, 15) is 18.8 Å². The number of piperazine rings is 1. The number of aryl methyl sites for hydroxylation is 1. The van der Waals surface area contributed by atoms with E-state index in [-0.39, 0.29) is 35.8 Å². The molecule has 1 unspecified atom stereocenters. The highest BCUT2D eigenvalue weighted by Gasteiger charge is 2.39. The summed E-state index contributed by atoms with van der Waals surface area (Å²) in [6, 6.07) is 11.8. The molecule has 7 heterocycles. The zero-order valence-corrected chi connectivity index (χ0v) is 35.2. The molecule has 3 N–H and O–H groups in total. The van der Waals surface area contributed by atoms with Crippen LogP contribution in [-0.2, 0) is 22.6 Å². The molecule has 3 saturated heterocycles. The van der Waals surface area contributed by atoms with Gasteiger partial charge in [0.05, 0.1) is 33.7 Å². The number of nitrogen functional groups attached to an aromatic ring is 1. The minimum atomic E-state index is -0.598. The molecular formula is C44H50FN11O4S. The summed E-state index contributed by atoms with van der Waals surface area (Å²) >= 11 is 1.67. The highest BCUT2D eigenvalue weighted by atomic mass is 32.1. The van der Waals surface area contributed by atoms with E-state index >= 15 is 0 Å². The first-order valence-electron chi connectivity index (χ1n) is 21.1. The highest BCUT2D eigenvalue weighted by Crippen LogP contribution is 2.37. The summed E-state index contributed by atoms with van der Waals surface area (Å²) in [6.45, 7) is 12.4. The van der Waals surface area contributed by atoms with Gasteiger partial charge >= 0.3 is 0 Å². The number of pyridine rings is 1. The molecular weight excluding hydrogens is 798 g/mol. The summed E-state index contributed by atoms with van der Waals surface area (Å²) < 4.78 is 20.7. The summed E-state index contributed by atoms with van der Waals surface area (Å²) in [5.41, 5.74) is 12.0. The van der Waals surface area contributed by atoms with Crippen molar-refractivity contribution in [1.29, 1.82) is 0 Å². The topological polar surface area (TPSA) is 168 Å². The van der Waals surface area contributed by atoms with Gasteiger partial charge in [0.2, 0.25) is 11.8 Å². The predicted octanol–water partition coefficient (Wildman–Crippen LogP) is 4.79. The van der Waals surface area contributed by atoms with Crippen LogP contribution in [0.3, 0.4) is 0 Å². The number of imide groups is 1. The minimum absolute atomic E-state index is 0.133. The van der Waals surface area contributed by atoms with Gasteiger partial charge in [-0.3, -0.25) is 19.7 Å². The first-order valence-corrected chi connectivity index (χ1v) is 21.9. The summed E-state index contributed by atoms with van der Waals surface area (Å²) in [5, 5.41) is 11.9.